The lowest BCUT2D eigenvalue weighted by Gasteiger charge is -2.01. The third-order valence-electron chi connectivity index (χ3n) is 1.59. The van der Waals surface area contributed by atoms with Crippen molar-refractivity contribution in [3.8, 4) is 5.75 Å². The number of hydrogen-bond acceptors (Lipinski definition) is 1. The van der Waals surface area contributed by atoms with Crippen LogP contribution < -0.4 is 4.74 Å². The summed E-state index contributed by atoms with van der Waals surface area (Å²) >= 11 is 5.44. The fraction of sp³-hybridized carbons (Fsp3) is 0.200. The van der Waals surface area contributed by atoms with Crippen LogP contribution in [-0.2, 0) is 0 Å². The number of alkyl halides is 1. The van der Waals surface area contributed by atoms with Gasteiger partial charge in [0, 0.05) is 11.4 Å². The van der Waals surface area contributed by atoms with Gasteiger partial charge in [0.1, 0.15) is 11.6 Å². The van der Waals surface area contributed by atoms with E-state index in [1.165, 1.54) is 6.07 Å². The molecule has 0 N–H and O–H groups in total. The van der Waals surface area contributed by atoms with Crippen molar-refractivity contribution in [3.05, 3.63) is 35.7 Å². The highest BCUT2D eigenvalue weighted by atomic mass is 35.5. The Labute approximate surface area is 81.8 Å². The summed E-state index contributed by atoms with van der Waals surface area (Å²) in [6, 6.07) is 4.57. The van der Waals surface area contributed by atoms with Gasteiger partial charge in [-0.2, -0.15) is 0 Å². The Hall–Kier alpha value is -1.02. The highest BCUT2D eigenvalue weighted by Gasteiger charge is 1.99. The van der Waals surface area contributed by atoms with Gasteiger partial charge >= 0.3 is 0 Å². The zero-order chi connectivity index (χ0) is 9.68. The van der Waals surface area contributed by atoms with Crippen LogP contribution in [0.3, 0.4) is 0 Å². The summed E-state index contributed by atoms with van der Waals surface area (Å²) in [6.07, 6.45) is 3.31. The van der Waals surface area contributed by atoms with Gasteiger partial charge in [-0.1, -0.05) is 12.2 Å². The molecule has 0 bridgehead atoms. The molecule has 3 heteroatoms. The summed E-state index contributed by atoms with van der Waals surface area (Å²) in [5, 5.41) is 0. The molecular formula is C10H10ClFO. The van der Waals surface area contributed by atoms with Crippen LogP contribution in [0, 0.1) is 5.82 Å². The number of allylic oxidation sites excluding steroid dienone is 1. The molecule has 0 fully saturated rings. The minimum Gasteiger partial charge on any atom is -0.497 e. The number of benzene rings is 1. The Kier molecular flexibility index (Phi) is 3.77. The van der Waals surface area contributed by atoms with Crippen molar-refractivity contribution in [2.45, 2.75) is 0 Å². The lowest BCUT2D eigenvalue weighted by Crippen LogP contribution is -1.86. The number of hydrogen-bond donors (Lipinski definition) is 0. The molecule has 13 heavy (non-hydrogen) atoms. The molecule has 0 aliphatic carbocycles. The van der Waals surface area contributed by atoms with Gasteiger partial charge in [-0.05, 0) is 18.2 Å². The fourth-order valence-electron chi connectivity index (χ4n) is 0.948. The maximum absolute atomic E-state index is 13.1. The van der Waals surface area contributed by atoms with Crippen LogP contribution in [0.25, 0.3) is 6.08 Å². The molecule has 0 aromatic heterocycles. The van der Waals surface area contributed by atoms with E-state index < -0.39 is 0 Å². The van der Waals surface area contributed by atoms with Gasteiger partial charge in [0.2, 0.25) is 0 Å². The molecule has 1 rings (SSSR count). The average molecular weight is 201 g/mol. The van der Waals surface area contributed by atoms with Crippen LogP contribution in [0.1, 0.15) is 5.56 Å². The first-order valence-corrected chi connectivity index (χ1v) is 4.37. The Morgan fingerprint density at radius 1 is 1.54 bits per heavy atom. The van der Waals surface area contributed by atoms with E-state index in [9.17, 15) is 4.39 Å². The molecule has 70 valence electrons. The quantitative estimate of drug-likeness (QED) is 0.682. The van der Waals surface area contributed by atoms with Crippen LogP contribution in [0.4, 0.5) is 4.39 Å². The van der Waals surface area contributed by atoms with Crippen molar-refractivity contribution >= 4 is 17.7 Å². The van der Waals surface area contributed by atoms with Crippen LogP contribution in [0.5, 0.6) is 5.75 Å². The molecule has 1 aromatic carbocycles. The van der Waals surface area contributed by atoms with E-state index in [2.05, 4.69) is 0 Å². The third-order valence-corrected chi connectivity index (χ3v) is 1.77. The van der Waals surface area contributed by atoms with E-state index in [1.54, 1.807) is 31.4 Å². The Morgan fingerprint density at radius 3 is 2.92 bits per heavy atom. The summed E-state index contributed by atoms with van der Waals surface area (Å²) in [5.74, 6) is 0.731. The highest BCUT2D eigenvalue weighted by molar-refractivity contribution is 6.19. The number of halogens is 2. The summed E-state index contributed by atoms with van der Waals surface area (Å²) < 4.78 is 18.0. The lowest BCUT2D eigenvalue weighted by molar-refractivity contribution is 0.413. The molecule has 0 heterocycles. The molecule has 1 nitrogen and oxygen atoms in total. The van der Waals surface area contributed by atoms with Crippen LogP contribution in [0.15, 0.2) is 24.3 Å². The summed E-state index contributed by atoms with van der Waals surface area (Å²) in [5.41, 5.74) is 0.486. The van der Waals surface area contributed by atoms with Crippen molar-refractivity contribution < 1.29 is 9.13 Å². The normalized spacial score (nSPS) is 10.7. The molecule has 0 atom stereocenters. The monoisotopic (exact) mass is 200 g/mol. The summed E-state index contributed by atoms with van der Waals surface area (Å²) in [4.78, 5) is 0. The van der Waals surface area contributed by atoms with Crippen molar-refractivity contribution in [1.82, 2.24) is 0 Å². The van der Waals surface area contributed by atoms with E-state index >= 15 is 0 Å². The number of rotatable bonds is 3. The van der Waals surface area contributed by atoms with Gasteiger partial charge in [0.15, 0.2) is 0 Å². The second-order valence-corrected chi connectivity index (χ2v) is 2.75. The predicted molar refractivity (Wildman–Crippen MR) is 52.7 cm³/mol. The molecular weight excluding hydrogens is 191 g/mol. The molecule has 0 aliphatic rings. The molecule has 1 aromatic rings. The van der Waals surface area contributed by atoms with Crippen LogP contribution >= 0.6 is 11.6 Å². The molecule has 0 aliphatic heterocycles. The maximum atomic E-state index is 13.1. The van der Waals surface area contributed by atoms with Crippen LogP contribution in [0.2, 0.25) is 0 Å². The SMILES string of the molecule is COc1ccc(F)c(C=CCCl)c1. The number of methoxy groups -OCH3 is 1. The third kappa shape index (κ3) is 2.74. The zero-order valence-electron chi connectivity index (χ0n) is 7.26. The fourth-order valence-corrected chi connectivity index (χ4v) is 1.04. The topological polar surface area (TPSA) is 9.23 Å². The first kappa shape index (κ1) is 10.1. The Morgan fingerprint density at radius 2 is 2.31 bits per heavy atom. The molecule has 0 amide bonds. The zero-order valence-corrected chi connectivity index (χ0v) is 8.01. The van der Waals surface area contributed by atoms with Crippen molar-refractivity contribution in [2.75, 3.05) is 13.0 Å². The molecule has 0 saturated carbocycles. The van der Waals surface area contributed by atoms with Gasteiger partial charge in [-0.3, -0.25) is 0 Å². The van der Waals surface area contributed by atoms with E-state index in [-0.39, 0.29) is 5.82 Å². The largest absolute Gasteiger partial charge is 0.497 e. The van der Waals surface area contributed by atoms with E-state index in [4.69, 9.17) is 16.3 Å². The summed E-state index contributed by atoms with van der Waals surface area (Å²) in [7, 11) is 1.54. The van der Waals surface area contributed by atoms with Gasteiger partial charge in [-0.25, -0.2) is 4.39 Å². The van der Waals surface area contributed by atoms with Gasteiger partial charge in [-0.15, -0.1) is 11.6 Å². The smallest absolute Gasteiger partial charge is 0.130 e. The molecule has 0 spiro atoms. The first-order chi connectivity index (χ1) is 6.27. The van der Waals surface area contributed by atoms with E-state index in [0.29, 0.717) is 17.2 Å². The molecule has 0 radical (unpaired) electrons. The second-order valence-electron chi connectivity index (χ2n) is 2.44. The Balaban J connectivity index is 2.97. The highest BCUT2D eigenvalue weighted by Crippen LogP contribution is 2.17. The van der Waals surface area contributed by atoms with Gasteiger partial charge in [0.25, 0.3) is 0 Å². The lowest BCUT2D eigenvalue weighted by atomic mass is 10.2. The van der Waals surface area contributed by atoms with E-state index in [0.717, 1.165) is 0 Å². The van der Waals surface area contributed by atoms with Crippen LogP contribution in [-0.4, -0.2) is 13.0 Å². The van der Waals surface area contributed by atoms with Gasteiger partial charge < -0.3 is 4.74 Å². The average Bonchev–Trinajstić information content (AvgIpc) is 2.17. The van der Waals surface area contributed by atoms with Crippen molar-refractivity contribution in [2.24, 2.45) is 0 Å². The second kappa shape index (κ2) is 4.87. The predicted octanol–water partition coefficient (Wildman–Crippen LogP) is 3.09. The Bertz CT molecular complexity index is 310. The molecule has 0 saturated heterocycles. The molecule has 0 unspecified atom stereocenters. The summed E-state index contributed by atoms with van der Waals surface area (Å²) in [6.45, 7) is 0. The minimum atomic E-state index is -0.276. The minimum absolute atomic E-state index is 0.276. The standard InChI is InChI=1S/C10H10ClFO/c1-13-9-4-5-10(12)8(7-9)3-2-6-11/h2-5,7H,6H2,1H3. The van der Waals surface area contributed by atoms with Crippen molar-refractivity contribution in [3.63, 3.8) is 0 Å². The maximum Gasteiger partial charge on any atom is 0.130 e. The van der Waals surface area contributed by atoms with Gasteiger partial charge in [0.05, 0.1) is 7.11 Å². The number of ether oxygens (including phenoxy) is 1. The first-order valence-electron chi connectivity index (χ1n) is 3.84. The van der Waals surface area contributed by atoms with Crippen molar-refractivity contribution in [1.29, 1.82) is 0 Å². The van der Waals surface area contributed by atoms with E-state index in [1.807, 2.05) is 0 Å².